The molecule has 3 nitrogen and oxygen atoms in total. The Bertz CT molecular complexity index is 559. The van der Waals surface area contributed by atoms with E-state index in [-0.39, 0.29) is 5.57 Å². The lowest BCUT2D eigenvalue weighted by molar-refractivity contribution is 0.152. The Morgan fingerprint density at radius 1 is 1.35 bits per heavy atom. The van der Waals surface area contributed by atoms with E-state index < -0.39 is 0 Å². The topological polar surface area (TPSA) is 50.8 Å². The minimum Gasteiger partial charge on any atom is -0.296 e. The zero-order valence-electron chi connectivity index (χ0n) is 11.8. The molecule has 1 saturated heterocycles. The van der Waals surface area contributed by atoms with Gasteiger partial charge in [-0.15, -0.1) is 0 Å². The van der Waals surface area contributed by atoms with Crippen LogP contribution in [0.5, 0.6) is 0 Å². The van der Waals surface area contributed by atoms with Gasteiger partial charge in [-0.3, -0.25) is 4.90 Å². The lowest BCUT2D eigenvalue weighted by atomic mass is 10.0. The van der Waals surface area contributed by atoms with Gasteiger partial charge in [-0.05, 0) is 43.5 Å². The number of nitriles is 2. The molecule has 0 amide bonds. The van der Waals surface area contributed by atoms with Crippen molar-refractivity contribution < 1.29 is 0 Å². The number of piperidine rings is 1. The number of hydrogen-bond donors (Lipinski definition) is 0. The minimum absolute atomic E-state index is 0.147. The molecule has 0 radical (unpaired) electrons. The summed E-state index contributed by atoms with van der Waals surface area (Å²) >= 11 is 0. The zero-order chi connectivity index (χ0) is 14.4. The molecule has 3 heteroatoms. The van der Waals surface area contributed by atoms with Gasteiger partial charge < -0.3 is 0 Å². The predicted molar refractivity (Wildman–Crippen MR) is 79.4 cm³/mol. The zero-order valence-corrected chi connectivity index (χ0v) is 11.8. The second-order valence-corrected chi connectivity index (χ2v) is 5.34. The first-order chi connectivity index (χ1) is 9.72. The van der Waals surface area contributed by atoms with Crippen LogP contribution < -0.4 is 0 Å². The summed E-state index contributed by atoms with van der Waals surface area (Å²) in [5.74, 6) is 0. The molecule has 0 spiro atoms. The van der Waals surface area contributed by atoms with E-state index in [0.717, 1.165) is 18.7 Å². The highest BCUT2D eigenvalue weighted by atomic mass is 15.2. The van der Waals surface area contributed by atoms with Gasteiger partial charge in [0.05, 0.1) is 0 Å². The maximum Gasteiger partial charge on any atom is 0.130 e. The predicted octanol–water partition coefficient (Wildman–Crippen LogP) is 3.49. The Kier molecular flexibility index (Phi) is 4.93. The van der Waals surface area contributed by atoms with Crippen LogP contribution in [0, 0.1) is 22.7 Å². The number of nitrogens with zero attached hydrogens (tertiary/aromatic N) is 3. The Hall–Kier alpha value is -2.10. The van der Waals surface area contributed by atoms with Crippen LogP contribution in [0.4, 0.5) is 0 Å². The molecule has 1 aromatic rings. The molecule has 0 saturated carbocycles. The Morgan fingerprint density at radius 3 is 2.85 bits per heavy atom. The van der Waals surface area contributed by atoms with Gasteiger partial charge >= 0.3 is 0 Å². The van der Waals surface area contributed by atoms with Crippen molar-refractivity contribution in [2.45, 2.75) is 38.8 Å². The van der Waals surface area contributed by atoms with Gasteiger partial charge in [0.15, 0.2) is 0 Å². The van der Waals surface area contributed by atoms with Gasteiger partial charge in [0.2, 0.25) is 0 Å². The Morgan fingerprint density at radius 2 is 2.15 bits per heavy atom. The molecule has 1 aliphatic heterocycles. The van der Waals surface area contributed by atoms with Crippen molar-refractivity contribution in [1.82, 2.24) is 4.90 Å². The maximum atomic E-state index is 8.80. The van der Waals surface area contributed by atoms with Crippen molar-refractivity contribution in [3.8, 4) is 12.1 Å². The normalized spacial score (nSPS) is 18.9. The third kappa shape index (κ3) is 3.70. The van der Waals surface area contributed by atoms with E-state index in [2.05, 4.69) is 24.0 Å². The first-order valence-corrected chi connectivity index (χ1v) is 7.08. The molecule has 1 atom stereocenters. The van der Waals surface area contributed by atoms with Gasteiger partial charge in [-0.1, -0.05) is 30.7 Å². The van der Waals surface area contributed by atoms with E-state index in [1.54, 1.807) is 6.08 Å². The third-order valence-corrected chi connectivity index (χ3v) is 3.83. The fourth-order valence-corrected chi connectivity index (χ4v) is 2.66. The quantitative estimate of drug-likeness (QED) is 0.786. The van der Waals surface area contributed by atoms with Crippen LogP contribution in [0.3, 0.4) is 0 Å². The molecule has 0 aliphatic carbocycles. The average molecular weight is 265 g/mol. The van der Waals surface area contributed by atoms with E-state index in [4.69, 9.17) is 10.5 Å². The summed E-state index contributed by atoms with van der Waals surface area (Å²) in [4.78, 5) is 2.50. The van der Waals surface area contributed by atoms with Crippen LogP contribution in [-0.4, -0.2) is 17.5 Å². The van der Waals surface area contributed by atoms with Crippen LogP contribution in [0.25, 0.3) is 6.08 Å². The summed E-state index contributed by atoms with van der Waals surface area (Å²) in [6, 6.07) is 12.5. The van der Waals surface area contributed by atoms with Crippen molar-refractivity contribution in [1.29, 1.82) is 10.5 Å². The second kappa shape index (κ2) is 6.89. The highest BCUT2D eigenvalue weighted by Gasteiger charge is 2.17. The number of allylic oxidation sites excluding steroid dienone is 1. The van der Waals surface area contributed by atoms with Gasteiger partial charge in [-0.2, -0.15) is 10.5 Å². The summed E-state index contributed by atoms with van der Waals surface area (Å²) in [6.07, 6.45) is 5.51. The average Bonchev–Trinajstić information content (AvgIpc) is 2.47. The molecular weight excluding hydrogens is 246 g/mol. The summed E-state index contributed by atoms with van der Waals surface area (Å²) in [5, 5.41) is 17.6. The second-order valence-electron chi connectivity index (χ2n) is 5.34. The van der Waals surface area contributed by atoms with Gasteiger partial charge in [0, 0.05) is 12.6 Å². The van der Waals surface area contributed by atoms with Crippen LogP contribution in [-0.2, 0) is 6.54 Å². The first kappa shape index (κ1) is 14.3. The minimum atomic E-state index is 0.147. The monoisotopic (exact) mass is 265 g/mol. The van der Waals surface area contributed by atoms with Gasteiger partial charge in [-0.25, -0.2) is 0 Å². The summed E-state index contributed by atoms with van der Waals surface area (Å²) < 4.78 is 0. The fraction of sp³-hybridized carbons (Fsp3) is 0.412. The fourth-order valence-electron chi connectivity index (χ4n) is 2.66. The molecule has 20 heavy (non-hydrogen) atoms. The van der Waals surface area contributed by atoms with Crippen LogP contribution in [0.15, 0.2) is 29.8 Å². The lowest BCUT2D eigenvalue weighted by Gasteiger charge is -2.33. The van der Waals surface area contributed by atoms with Crippen molar-refractivity contribution >= 4 is 6.08 Å². The van der Waals surface area contributed by atoms with Crippen molar-refractivity contribution in [3.63, 3.8) is 0 Å². The summed E-state index contributed by atoms with van der Waals surface area (Å²) in [6.45, 7) is 4.38. The molecular formula is C17H19N3. The van der Waals surface area contributed by atoms with Crippen LogP contribution in [0.1, 0.15) is 37.3 Å². The van der Waals surface area contributed by atoms with Crippen LogP contribution >= 0.6 is 0 Å². The molecule has 102 valence electrons. The molecule has 1 aromatic carbocycles. The van der Waals surface area contributed by atoms with E-state index >= 15 is 0 Å². The molecule has 0 aromatic heterocycles. The number of hydrogen-bond acceptors (Lipinski definition) is 3. The van der Waals surface area contributed by atoms with E-state index in [9.17, 15) is 0 Å². The molecule has 1 unspecified atom stereocenters. The van der Waals surface area contributed by atoms with Crippen molar-refractivity contribution in [3.05, 3.63) is 41.0 Å². The van der Waals surface area contributed by atoms with E-state index in [0.29, 0.717) is 6.04 Å². The molecule has 1 aliphatic rings. The standard InChI is InChI=1S/C17H19N3/c1-14-5-2-3-8-20(14)13-16-7-4-6-15(9-16)10-17(11-18)12-19/h4,6-7,9-10,14H,2-3,5,8,13H2,1H3. The van der Waals surface area contributed by atoms with Gasteiger partial charge in [0.1, 0.15) is 17.7 Å². The summed E-state index contributed by atoms with van der Waals surface area (Å²) in [7, 11) is 0. The maximum absolute atomic E-state index is 8.80. The number of likely N-dealkylation sites (tertiary alicyclic amines) is 1. The lowest BCUT2D eigenvalue weighted by Crippen LogP contribution is -2.36. The molecule has 1 fully saturated rings. The van der Waals surface area contributed by atoms with E-state index in [1.807, 2.05) is 24.3 Å². The Labute approximate surface area is 120 Å². The Balaban J connectivity index is 2.12. The third-order valence-electron chi connectivity index (χ3n) is 3.83. The molecule has 2 rings (SSSR count). The van der Waals surface area contributed by atoms with Crippen molar-refractivity contribution in [2.24, 2.45) is 0 Å². The van der Waals surface area contributed by atoms with E-state index in [1.165, 1.54) is 24.8 Å². The summed E-state index contributed by atoms with van der Waals surface area (Å²) in [5.41, 5.74) is 2.31. The molecule has 1 heterocycles. The largest absolute Gasteiger partial charge is 0.296 e. The highest BCUT2D eigenvalue weighted by molar-refractivity contribution is 5.62. The number of rotatable bonds is 3. The molecule has 0 bridgehead atoms. The molecule has 0 N–H and O–H groups in total. The van der Waals surface area contributed by atoms with Crippen LogP contribution in [0.2, 0.25) is 0 Å². The highest BCUT2D eigenvalue weighted by Crippen LogP contribution is 2.20. The number of benzene rings is 1. The van der Waals surface area contributed by atoms with Crippen molar-refractivity contribution in [2.75, 3.05) is 6.54 Å². The van der Waals surface area contributed by atoms with Gasteiger partial charge in [0.25, 0.3) is 0 Å². The SMILES string of the molecule is CC1CCCCN1Cc1cccc(C=C(C#N)C#N)c1. The first-order valence-electron chi connectivity index (χ1n) is 7.08. The smallest absolute Gasteiger partial charge is 0.130 e.